The predicted molar refractivity (Wildman–Crippen MR) is 117 cm³/mol. The average molecular weight is 455 g/mol. The van der Waals surface area contributed by atoms with Crippen LogP contribution in [0.15, 0.2) is 48.5 Å². The summed E-state index contributed by atoms with van der Waals surface area (Å²) in [6, 6.07) is 13.6. The summed E-state index contributed by atoms with van der Waals surface area (Å²) >= 11 is 18.6. The number of nitrogens with one attached hydrogen (secondary N) is 1. The highest BCUT2D eigenvalue weighted by Gasteiger charge is 2.13. The Morgan fingerprint density at radius 1 is 0.931 bits per heavy atom. The number of methoxy groups -OCH3 is 1. The van der Waals surface area contributed by atoms with E-state index in [9.17, 15) is 4.39 Å². The Hall–Kier alpha value is -2.14. The Labute approximate surface area is 184 Å². The molecule has 0 aliphatic heterocycles. The van der Waals surface area contributed by atoms with Crippen LogP contribution in [0.2, 0.25) is 15.1 Å². The molecular weight excluding hydrogens is 436 g/mol. The summed E-state index contributed by atoms with van der Waals surface area (Å²) in [5.74, 6) is 0.493. The first-order chi connectivity index (χ1) is 13.9. The van der Waals surface area contributed by atoms with Gasteiger partial charge in [-0.1, -0.05) is 46.9 Å². The minimum Gasteiger partial charge on any atom is -0.493 e. The molecule has 29 heavy (non-hydrogen) atoms. The molecule has 0 saturated heterocycles. The van der Waals surface area contributed by atoms with Gasteiger partial charge in [0.15, 0.2) is 11.5 Å². The second-order valence-electron chi connectivity index (χ2n) is 6.45. The Balaban J connectivity index is 1.73. The van der Waals surface area contributed by atoms with Gasteiger partial charge in [0.1, 0.15) is 12.4 Å². The molecule has 0 amide bonds. The summed E-state index contributed by atoms with van der Waals surface area (Å²) in [4.78, 5) is 0. The van der Waals surface area contributed by atoms with Gasteiger partial charge in [-0.2, -0.15) is 0 Å². The summed E-state index contributed by atoms with van der Waals surface area (Å²) in [5, 5.41) is 4.70. The lowest BCUT2D eigenvalue weighted by atomic mass is 10.1. The van der Waals surface area contributed by atoms with Gasteiger partial charge in [0.25, 0.3) is 0 Å². The third-order valence-corrected chi connectivity index (χ3v) is 5.38. The highest BCUT2D eigenvalue weighted by molar-refractivity contribution is 6.32. The quantitative estimate of drug-likeness (QED) is 0.406. The molecule has 3 aromatic rings. The summed E-state index contributed by atoms with van der Waals surface area (Å²) in [7, 11) is 1.54. The second-order valence-corrected chi connectivity index (χ2v) is 7.67. The lowest BCUT2D eigenvalue weighted by Gasteiger charge is -2.15. The van der Waals surface area contributed by atoms with Crippen LogP contribution < -0.4 is 14.8 Å². The van der Waals surface area contributed by atoms with Crippen molar-refractivity contribution in [3.8, 4) is 11.5 Å². The topological polar surface area (TPSA) is 30.5 Å². The molecule has 0 aromatic heterocycles. The molecule has 3 aromatic carbocycles. The van der Waals surface area contributed by atoms with Crippen LogP contribution in [0.3, 0.4) is 0 Å². The zero-order chi connectivity index (χ0) is 21.0. The van der Waals surface area contributed by atoms with Crippen LogP contribution >= 0.6 is 34.8 Å². The van der Waals surface area contributed by atoms with E-state index in [1.54, 1.807) is 19.2 Å². The van der Waals surface area contributed by atoms with Crippen molar-refractivity contribution in [2.75, 3.05) is 12.4 Å². The van der Waals surface area contributed by atoms with E-state index >= 15 is 0 Å². The molecule has 0 radical (unpaired) electrons. The van der Waals surface area contributed by atoms with Crippen LogP contribution in [0.4, 0.5) is 10.1 Å². The van der Waals surface area contributed by atoms with Crippen molar-refractivity contribution in [2.45, 2.75) is 20.1 Å². The van der Waals surface area contributed by atoms with Gasteiger partial charge < -0.3 is 14.8 Å². The summed E-state index contributed by atoms with van der Waals surface area (Å²) in [6.07, 6.45) is 0. The normalized spacial score (nSPS) is 10.7. The molecule has 0 aliphatic rings. The third kappa shape index (κ3) is 5.47. The molecule has 7 heteroatoms. The lowest BCUT2D eigenvalue weighted by molar-refractivity contribution is 0.284. The molecule has 152 valence electrons. The Morgan fingerprint density at radius 3 is 2.41 bits per heavy atom. The van der Waals surface area contributed by atoms with E-state index < -0.39 is 5.82 Å². The molecule has 0 aliphatic carbocycles. The Morgan fingerprint density at radius 2 is 1.72 bits per heavy atom. The van der Waals surface area contributed by atoms with Crippen LogP contribution in [-0.4, -0.2) is 7.11 Å². The van der Waals surface area contributed by atoms with Crippen molar-refractivity contribution in [1.82, 2.24) is 0 Å². The van der Waals surface area contributed by atoms with Gasteiger partial charge in [-0.3, -0.25) is 0 Å². The molecule has 3 rings (SSSR count). The zero-order valence-electron chi connectivity index (χ0n) is 15.9. The lowest BCUT2D eigenvalue weighted by Crippen LogP contribution is -2.03. The van der Waals surface area contributed by atoms with Crippen LogP contribution in [0.1, 0.15) is 16.7 Å². The molecule has 0 saturated carbocycles. The smallest absolute Gasteiger partial charge is 0.180 e. The van der Waals surface area contributed by atoms with E-state index in [0.717, 1.165) is 16.8 Å². The summed E-state index contributed by atoms with van der Waals surface area (Å²) in [5.41, 5.74) is 3.48. The summed E-state index contributed by atoms with van der Waals surface area (Å²) < 4.78 is 24.4. The minimum atomic E-state index is -0.402. The maximum atomic E-state index is 13.2. The largest absolute Gasteiger partial charge is 0.493 e. The van der Waals surface area contributed by atoms with E-state index in [4.69, 9.17) is 44.3 Å². The van der Waals surface area contributed by atoms with Crippen molar-refractivity contribution in [3.05, 3.63) is 86.1 Å². The Kier molecular flexibility index (Phi) is 7.12. The molecule has 0 atom stereocenters. The van der Waals surface area contributed by atoms with E-state index in [-0.39, 0.29) is 11.6 Å². The molecule has 0 heterocycles. The maximum Gasteiger partial charge on any atom is 0.180 e. The minimum absolute atomic E-state index is 0.134. The maximum absolute atomic E-state index is 13.2. The van der Waals surface area contributed by atoms with Gasteiger partial charge in [0.05, 0.1) is 17.2 Å². The van der Waals surface area contributed by atoms with Crippen LogP contribution in [-0.2, 0) is 13.2 Å². The second kappa shape index (κ2) is 9.57. The number of aryl methyl sites for hydroxylation is 1. The number of benzene rings is 3. The number of halogens is 4. The average Bonchev–Trinajstić information content (AvgIpc) is 2.69. The van der Waals surface area contributed by atoms with E-state index in [2.05, 4.69) is 5.32 Å². The van der Waals surface area contributed by atoms with Gasteiger partial charge in [-0.25, -0.2) is 4.39 Å². The van der Waals surface area contributed by atoms with Crippen LogP contribution in [0.25, 0.3) is 0 Å². The number of rotatable bonds is 7. The highest BCUT2D eigenvalue weighted by Crippen LogP contribution is 2.37. The first kappa shape index (κ1) is 21.6. The number of anilines is 1. The monoisotopic (exact) mass is 453 g/mol. The van der Waals surface area contributed by atoms with Crippen molar-refractivity contribution in [2.24, 2.45) is 0 Å². The van der Waals surface area contributed by atoms with Crippen LogP contribution in [0, 0.1) is 12.7 Å². The summed E-state index contributed by atoms with van der Waals surface area (Å²) in [6.45, 7) is 2.61. The first-order valence-corrected chi connectivity index (χ1v) is 9.94. The van der Waals surface area contributed by atoms with Gasteiger partial charge in [0.2, 0.25) is 0 Å². The van der Waals surface area contributed by atoms with E-state index in [0.29, 0.717) is 33.7 Å². The molecule has 0 fully saturated rings. The SMILES string of the molecule is COc1cc(CNc2ccc(C)c(Cl)c2)cc(Cl)c1OCc1ccc(F)cc1Cl. The van der Waals surface area contributed by atoms with E-state index in [1.165, 1.54) is 12.1 Å². The molecule has 0 unspecified atom stereocenters. The fraction of sp³-hybridized carbons (Fsp3) is 0.182. The van der Waals surface area contributed by atoms with Crippen molar-refractivity contribution >= 4 is 40.5 Å². The number of ether oxygens (including phenoxy) is 2. The molecule has 1 N–H and O–H groups in total. The highest BCUT2D eigenvalue weighted by atomic mass is 35.5. The van der Waals surface area contributed by atoms with E-state index in [1.807, 2.05) is 31.2 Å². The zero-order valence-corrected chi connectivity index (χ0v) is 18.1. The van der Waals surface area contributed by atoms with Crippen molar-refractivity contribution < 1.29 is 13.9 Å². The van der Waals surface area contributed by atoms with Crippen molar-refractivity contribution in [1.29, 1.82) is 0 Å². The van der Waals surface area contributed by atoms with Gasteiger partial charge in [-0.15, -0.1) is 0 Å². The first-order valence-electron chi connectivity index (χ1n) is 8.80. The van der Waals surface area contributed by atoms with Crippen LogP contribution in [0.5, 0.6) is 11.5 Å². The Bertz CT molecular complexity index is 1030. The predicted octanol–water partition coefficient (Wildman–Crippen LogP) is 7.29. The van der Waals surface area contributed by atoms with Crippen molar-refractivity contribution in [3.63, 3.8) is 0 Å². The molecule has 0 bridgehead atoms. The van der Waals surface area contributed by atoms with Gasteiger partial charge in [0, 0.05) is 22.8 Å². The standard InChI is InChI=1S/C22H19Cl3FNO2/c1-13-3-6-17(10-18(13)23)27-11-14-7-20(25)22(21(8-14)28-2)29-12-15-4-5-16(26)9-19(15)24/h3-10,27H,11-12H2,1-2H3. The number of hydrogen-bond acceptors (Lipinski definition) is 3. The third-order valence-electron chi connectivity index (χ3n) is 4.34. The number of hydrogen-bond donors (Lipinski definition) is 1. The van der Waals surface area contributed by atoms with Gasteiger partial charge in [-0.05, 0) is 54.4 Å². The molecular formula is C22H19Cl3FNO2. The fourth-order valence-electron chi connectivity index (χ4n) is 2.71. The fourth-order valence-corrected chi connectivity index (χ4v) is 3.40. The molecule has 3 nitrogen and oxygen atoms in total. The molecule has 0 spiro atoms. The van der Waals surface area contributed by atoms with Gasteiger partial charge >= 0.3 is 0 Å².